The Morgan fingerprint density at radius 1 is 0.897 bits per heavy atom. The van der Waals surface area contributed by atoms with E-state index in [0.29, 0.717) is 33.8 Å². The number of benzene rings is 4. The lowest BCUT2D eigenvalue weighted by Gasteiger charge is -2.22. The highest BCUT2D eigenvalue weighted by molar-refractivity contribution is 6.05. The molecule has 0 fully saturated rings. The summed E-state index contributed by atoms with van der Waals surface area (Å²) in [6, 6.07) is 29.7. The molecule has 8 nitrogen and oxygen atoms in total. The molecule has 4 aromatic carbocycles. The van der Waals surface area contributed by atoms with Gasteiger partial charge in [0.05, 0.1) is 17.9 Å². The fourth-order valence-electron chi connectivity index (χ4n) is 4.13. The van der Waals surface area contributed by atoms with E-state index in [9.17, 15) is 14.7 Å². The van der Waals surface area contributed by atoms with Crippen LogP contribution in [0.5, 0.6) is 11.5 Å². The highest BCUT2D eigenvalue weighted by Crippen LogP contribution is 2.23. The van der Waals surface area contributed by atoms with E-state index in [4.69, 9.17) is 14.9 Å². The van der Waals surface area contributed by atoms with Gasteiger partial charge >= 0.3 is 0 Å². The van der Waals surface area contributed by atoms with Crippen LogP contribution >= 0.6 is 0 Å². The number of anilines is 2. The number of nitrogen functional groups attached to an aromatic ring is 1. The van der Waals surface area contributed by atoms with Gasteiger partial charge < -0.3 is 30.2 Å². The molecule has 5 rings (SSSR count). The van der Waals surface area contributed by atoms with Gasteiger partial charge in [-0.05, 0) is 54.6 Å². The Balaban J connectivity index is 1.25. The Bertz CT molecular complexity index is 1580. The summed E-state index contributed by atoms with van der Waals surface area (Å²) in [7, 11) is 0. The third-order valence-corrected chi connectivity index (χ3v) is 6.23. The zero-order chi connectivity index (χ0) is 27.2. The molecule has 0 atom stereocenters. The Kier molecular flexibility index (Phi) is 7.45. The van der Waals surface area contributed by atoms with Crippen molar-refractivity contribution in [2.75, 3.05) is 24.2 Å². The standard InChI is InChI=1S/C31H27N3O5/c32-25-9-3-4-10-26(25)33-30(36)21-13-15-24(16-14-21)38-18-17-34(20-23-8-1-5-11-27(23)35)31(37)29-19-22-7-2-6-12-28(22)39-29/h1-16,19,35H,17-18,20,32H2,(H,33,36). The van der Waals surface area contributed by atoms with Gasteiger partial charge in [0, 0.05) is 23.1 Å². The molecule has 8 heteroatoms. The van der Waals surface area contributed by atoms with Crippen LogP contribution in [0.2, 0.25) is 0 Å². The minimum atomic E-state index is -0.315. The van der Waals surface area contributed by atoms with E-state index in [1.807, 2.05) is 18.2 Å². The molecule has 1 aromatic heterocycles. The van der Waals surface area contributed by atoms with Crippen LogP contribution in [0.4, 0.5) is 11.4 Å². The highest BCUT2D eigenvalue weighted by Gasteiger charge is 2.21. The normalized spacial score (nSPS) is 10.8. The molecule has 5 aromatic rings. The van der Waals surface area contributed by atoms with Gasteiger partial charge in [-0.2, -0.15) is 0 Å². The summed E-state index contributed by atoms with van der Waals surface area (Å²) in [6.45, 7) is 0.596. The summed E-state index contributed by atoms with van der Waals surface area (Å²) in [4.78, 5) is 27.6. The Hall–Kier alpha value is -5.24. The third kappa shape index (κ3) is 6.02. The SMILES string of the molecule is Nc1ccccc1NC(=O)c1ccc(OCCN(Cc2ccccc2O)C(=O)c2cc3ccccc3o2)cc1. The number of phenols is 1. The first-order chi connectivity index (χ1) is 19.0. The molecule has 0 aliphatic carbocycles. The molecule has 0 saturated heterocycles. The van der Waals surface area contributed by atoms with Gasteiger partial charge in [0.1, 0.15) is 23.7 Å². The second kappa shape index (κ2) is 11.4. The fraction of sp³-hybridized carbons (Fsp3) is 0.0968. The number of hydrogen-bond acceptors (Lipinski definition) is 6. The first-order valence-corrected chi connectivity index (χ1v) is 12.4. The van der Waals surface area contributed by atoms with Gasteiger partial charge in [-0.1, -0.05) is 48.5 Å². The van der Waals surface area contributed by atoms with Crippen molar-refractivity contribution in [1.29, 1.82) is 0 Å². The highest BCUT2D eigenvalue weighted by atomic mass is 16.5. The Labute approximate surface area is 225 Å². The third-order valence-electron chi connectivity index (χ3n) is 6.23. The molecule has 0 saturated carbocycles. The minimum absolute atomic E-state index is 0.104. The predicted molar refractivity (Wildman–Crippen MR) is 150 cm³/mol. The molecular formula is C31H27N3O5. The summed E-state index contributed by atoms with van der Waals surface area (Å²) < 4.78 is 11.7. The number of para-hydroxylation sites is 4. The number of furan rings is 1. The number of amides is 2. The molecule has 0 aliphatic rings. The van der Waals surface area contributed by atoms with Crippen molar-refractivity contribution in [2.24, 2.45) is 0 Å². The summed E-state index contributed by atoms with van der Waals surface area (Å²) in [5.74, 6) is 0.257. The number of hydrogen-bond donors (Lipinski definition) is 3. The summed E-state index contributed by atoms with van der Waals surface area (Å²) in [5, 5.41) is 13.9. The van der Waals surface area contributed by atoms with Gasteiger partial charge in [0.15, 0.2) is 5.76 Å². The van der Waals surface area contributed by atoms with Crippen LogP contribution in [0.15, 0.2) is 108 Å². The van der Waals surface area contributed by atoms with Crippen LogP contribution in [0.25, 0.3) is 11.0 Å². The van der Waals surface area contributed by atoms with Crippen LogP contribution in [0, 0.1) is 0 Å². The number of carbonyl (C=O) groups excluding carboxylic acids is 2. The molecule has 0 spiro atoms. The smallest absolute Gasteiger partial charge is 0.290 e. The summed E-state index contributed by atoms with van der Waals surface area (Å²) >= 11 is 0. The average Bonchev–Trinajstić information content (AvgIpc) is 3.39. The Morgan fingerprint density at radius 3 is 2.38 bits per heavy atom. The van der Waals surface area contributed by atoms with Crippen LogP contribution in [-0.4, -0.2) is 35.0 Å². The van der Waals surface area contributed by atoms with Crippen molar-refractivity contribution in [1.82, 2.24) is 4.90 Å². The maximum atomic E-state index is 13.4. The number of carbonyl (C=O) groups is 2. The van der Waals surface area contributed by atoms with Gasteiger partial charge in [0.2, 0.25) is 0 Å². The van der Waals surface area contributed by atoms with Crippen LogP contribution in [-0.2, 0) is 6.54 Å². The number of aromatic hydroxyl groups is 1. The van der Waals surface area contributed by atoms with Crippen LogP contribution < -0.4 is 15.8 Å². The quantitative estimate of drug-likeness (QED) is 0.214. The van der Waals surface area contributed by atoms with Gasteiger partial charge in [-0.3, -0.25) is 9.59 Å². The van der Waals surface area contributed by atoms with Crippen molar-refractivity contribution in [3.8, 4) is 11.5 Å². The number of nitrogens with zero attached hydrogens (tertiary/aromatic N) is 1. The zero-order valence-electron chi connectivity index (χ0n) is 21.0. The van der Waals surface area contributed by atoms with Crippen molar-refractivity contribution < 1.29 is 23.8 Å². The maximum absolute atomic E-state index is 13.4. The monoisotopic (exact) mass is 521 g/mol. The molecule has 0 bridgehead atoms. The van der Waals surface area contributed by atoms with E-state index in [0.717, 1.165) is 5.39 Å². The summed E-state index contributed by atoms with van der Waals surface area (Å²) in [5.41, 5.74) is 8.61. The number of nitrogens with two attached hydrogens (primary N) is 1. The lowest BCUT2D eigenvalue weighted by Crippen LogP contribution is -2.34. The molecule has 0 radical (unpaired) electrons. The van der Waals surface area contributed by atoms with E-state index in [1.165, 1.54) is 0 Å². The zero-order valence-corrected chi connectivity index (χ0v) is 21.0. The topological polar surface area (TPSA) is 118 Å². The number of phenolic OH excluding ortho intramolecular Hbond substituents is 1. The first kappa shape index (κ1) is 25.4. The van der Waals surface area contributed by atoms with Crippen molar-refractivity contribution in [3.05, 3.63) is 120 Å². The van der Waals surface area contributed by atoms with Gasteiger partial charge in [0.25, 0.3) is 11.8 Å². The maximum Gasteiger partial charge on any atom is 0.290 e. The lowest BCUT2D eigenvalue weighted by molar-refractivity contribution is 0.0685. The Morgan fingerprint density at radius 2 is 1.62 bits per heavy atom. The molecule has 39 heavy (non-hydrogen) atoms. The second-order valence-electron chi connectivity index (χ2n) is 8.92. The molecule has 0 unspecified atom stereocenters. The number of ether oxygens (including phenoxy) is 1. The molecule has 1 heterocycles. The van der Waals surface area contributed by atoms with E-state index < -0.39 is 0 Å². The van der Waals surface area contributed by atoms with Crippen molar-refractivity contribution in [3.63, 3.8) is 0 Å². The summed E-state index contributed by atoms with van der Waals surface area (Å²) in [6.07, 6.45) is 0. The van der Waals surface area contributed by atoms with E-state index in [2.05, 4.69) is 5.32 Å². The first-order valence-electron chi connectivity index (χ1n) is 12.4. The number of nitrogens with one attached hydrogen (secondary N) is 1. The predicted octanol–water partition coefficient (Wildman–Crippen LogP) is 5.69. The van der Waals surface area contributed by atoms with E-state index in [-0.39, 0.29) is 43.0 Å². The lowest BCUT2D eigenvalue weighted by atomic mass is 10.2. The molecule has 2 amide bonds. The second-order valence-corrected chi connectivity index (χ2v) is 8.92. The molecule has 0 aliphatic heterocycles. The minimum Gasteiger partial charge on any atom is -0.508 e. The number of fused-ring (bicyclic) bond motifs is 1. The molecule has 4 N–H and O–H groups in total. The fourth-order valence-corrected chi connectivity index (χ4v) is 4.13. The molecule has 196 valence electrons. The van der Waals surface area contributed by atoms with Crippen LogP contribution in [0.1, 0.15) is 26.5 Å². The number of rotatable bonds is 9. The van der Waals surface area contributed by atoms with E-state index >= 15 is 0 Å². The average molecular weight is 522 g/mol. The van der Waals surface area contributed by atoms with Gasteiger partial charge in [-0.15, -0.1) is 0 Å². The van der Waals surface area contributed by atoms with E-state index in [1.54, 1.807) is 89.8 Å². The van der Waals surface area contributed by atoms with Crippen molar-refractivity contribution in [2.45, 2.75) is 6.54 Å². The largest absolute Gasteiger partial charge is 0.508 e. The molecular weight excluding hydrogens is 494 g/mol. The van der Waals surface area contributed by atoms with Crippen LogP contribution in [0.3, 0.4) is 0 Å². The van der Waals surface area contributed by atoms with Crippen molar-refractivity contribution >= 4 is 34.2 Å². The van der Waals surface area contributed by atoms with Gasteiger partial charge in [-0.25, -0.2) is 0 Å².